The first-order valence-electron chi connectivity index (χ1n) is 6.06. The van der Waals surface area contributed by atoms with Gasteiger partial charge < -0.3 is 10.3 Å². The third-order valence-electron chi connectivity index (χ3n) is 3.00. The van der Waals surface area contributed by atoms with Crippen LogP contribution < -0.4 is 5.32 Å². The molecule has 2 N–H and O–H groups in total. The van der Waals surface area contributed by atoms with E-state index in [-0.39, 0.29) is 0 Å². The molecule has 4 heteroatoms. The van der Waals surface area contributed by atoms with E-state index in [2.05, 4.69) is 44.9 Å². The monoisotopic (exact) mass is 257 g/mol. The van der Waals surface area contributed by atoms with Gasteiger partial charge in [0.1, 0.15) is 0 Å². The summed E-state index contributed by atoms with van der Waals surface area (Å²) in [6.07, 6.45) is 4.59. The molecule has 0 aliphatic rings. The largest absolute Gasteiger partial charge is 0.348 e. The zero-order valence-corrected chi connectivity index (χ0v) is 10.8. The molecule has 1 aromatic carbocycles. The number of thiophene rings is 1. The molecule has 0 bridgehead atoms. The molecule has 0 fully saturated rings. The number of imidazole rings is 1. The quantitative estimate of drug-likeness (QED) is 0.690. The van der Waals surface area contributed by atoms with Crippen molar-refractivity contribution in [3.63, 3.8) is 0 Å². The fraction of sp³-hybridized carbons (Fsp3) is 0.214. The minimum Gasteiger partial charge on any atom is -0.348 e. The first-order valence-corrected chi connectivity index (χ1v) is 6.94. The van der Waals surface area contributed by atoms with Crippen molar-refractivity contribution in [2.75, 3.05) is 6.54 Å². The molecule has 3 nitrogen and oxygen atoms in total. The summed E-state index contributed by atoms with van der Waals surface area (Å²) < 4.78 is 1.36. The number of aromatic nitrogens is 2. The van der Waals surface area contributed by atoms with Crippen LogP contribution >= 0.6 is 11.3 Å². The lowest BCUT2D eigenvalue weighted by Gasteiger charge is -2.02. The molecule has 2 aromatic heterocycles. The molecule has 3 aromatic rings. The molecule has 0 unspecified atom stereocenters. The van der Waals surface area contributed by atoms with E-state index in [0.29, 0.717) is 0 Å². The SMILES string of the molecule is c1ccc2c(CNCCc3cnc[nH]3)csc2c1. The van der Waals surface area contributed by atoms with Gasteiger partial charge >= 0.3 is 0 Å². The Hall–Kier alpha value is -1.65. The van der Waals surface area contributed by atoms with E-state index in [1.807, 2.05) is 17.5 Å². The van der Waals surface area contributed by atoms with Gasteiger partial charge in [-0.25, -0.2) is 4.98 Å². The van der Waals surface area contributed by atoms with Gasteiger partial charge in [-0.2, -0.15) is 0 Å². The summed E-state index contributed by atoms with van der Waals surface area (Å²) in [5.74, 6) is 0. The van der Waals surface area contributed by atoms with Crippen molar-refractivity contribution in [1.29, 1.82) is 0 Å². The fourth-order valence-corrected chi connectivity index (χ4v) is 3.00. The van der Waals surface area contributed by atoms with Crippen LogP contribution in [0.5, 0.6) is 0 Å². The van der Waals surface area contributed by atoms with Crippen molar-refractivity contribution in [3.05, 3.63) is 53.4 Å². The van der Waals surface area contributed by atoms with Gasteiger partial charge in [0.05, 0.1) is 6.33 Å². The van der Waals surface area contributed by atoms with E-state index < -0.39 is 0 Å². The maximum atomic E-state index is 4.01. The second-order valence-electron chi connectivity index (χ2n) is 4.26. The van der Waals surface area contributed by atoms with Crippen LogP contribution in [0, 0.1) is 0 Å². The number of H-pyrrole nitrogens is 1. The molecule has 0 amide bonds. The predicted molar refractivity (Wildman–Crippen MR) is 75.8 cm³/mol. The summed E-state index contributed by atoms with van der Waals surface area (Å²) in [6, 6.07) is 8.56. The third-order valence-corrected chi connectivity index (χ3v) is 4.01. The Morgan fingerprint density at radius 2 is 2.22 bits per heavy atom. The normalized spacial score (nSPS) is 11.1. The molecule has 0 spiro atoms. The van der Waals surface area contributed by atoms with Gasteiger partial charge in [0.25, 0.3) is 0 Å². The molecule has 0 saturated heterocycles. The Bertz CT molecular complexity index is 613. The molecule has 3 rings (SSSR count). The number of hydrogen-bond donors (Lipinski definition) is 2. The first-order chi connectivity index (χ1) is 8.93. The zero-order valence-electron chi connectivity index (χ0n) is 10.0. The van der Waals surface area contributed by atoms with Crippen LogP contribution in [0.4, 0.5) is 0 Å². The van der Waals surface area contributed by atoms with Crippen LogP contribution in [0.3, 0.4) is 0 Å². The van der Waals surface area contributed by atoms with Crippen LogP contribution in [-0.4, -0.2) is 16.5 Å². The van der Waals surface area contributed by atoms with Crippen molar-refractivity contribution in [2.45, 2.75) is 13.0 Å². The smallest absolute Gasteiger partial charge is 0.0921 e. The highest BCUT2D eigenvalue weighted by molar-refractivity contribution is 7.17. The second kappa shape index (κ2) is 5.33. The zero-order chi connectivity index (χ0) is 12.2. The van der Waals surface area contributed by atoms with E-state index in [1.165, 1.54) is 21.3 Å². The van der Waals surface area contributed by atoms with Gasteiger partial charge in [0, 0.05) is 36.1 Å². The van der Waals surface area contributed by atoms with Crippen LogP contribution in [0.25, 0.3) is 10.1 Å². The highest BCUT2D eigenvalue weighted by atomic mass is 32.1. The molecular formula is C14H15N3S. The molecule has 92 valence electrons. The Labute approximate surface area is 110 Å². The number of rotatable bonds is 5. The minimum absolute atomic E-state index is 0.929. The summed E-state index contributed by atoms with van der Waals surface area (Å²) in [5, 5.41) is 7.09. The maximum Gasteiger partial charge on any atom is 0.0921 e. The van der Waals surface area contributed by atoms with Crippen LogP contribution in [0.2, 0.25) is 0 Å². The highest BCUT2D eigenvalue weighted by Crippen LogP contribution is 2.25. The summed E-state index contributed by atoms with van der Waals surface area (Å²) in [4.78, 5) is 7.12. The van der Waals surface area contributed by atoms with Gasteiger partial charge in [-0.3, -0.25) is 0 Å². The molecule has 0 aliphatic heterocycles. The van der Waals surface area contributed by atoms with Gasteiger partial charge in [-0.15, -0.1) is 11.3 Å². The summed E-state index contributed by atoms with van der Waals surface area (Å²) in [7, 11) is 0. The molecule has 0 aliphatic carbocycles. The Morgan fingerprint density at radius 3 is 3.11 bits per heavy atom. The standard InChI is InChI=1S/C14H15N3S/c1-2-4-14-13(3-1)11(9-18-14)7-15-6-5-12-8-16-10-17-12/h1-4,8-10,15H,5-7H2,(H,16,17). The van der Waals surface area contributed by atoms with Crippen molar-refractivity contribution in [3.8, 4) is 0 Å². The average molecular weight is 257 g/mol. The van der Waals surface area contributed by atoms with Crippen LogP contribution in [0.15, 0.2) is 42.2 Å². The number of aromatic amines is 1. The molecular weight excluding hydrogens is 242 g/mol. The summed E-state index contributed by atoms with van der Waals surface area (Å²) in [6.45, 7) is 1.89. The highest BCUT2D eigenvalue weighted by Gasteiger charge is 2.02. The summed E-state index contributed by atoms with van der Waals surface area (Å²) in [5.41, 5.74) is 2.57. The average Bonchev–Trinajstić information content (AvgIpc) is 3.04. The van der Waals surface area contributed by atoms with Crippen molar-refractivity contribution in [1.82, 2.24) is 15.3 Å². The van der Waals surface area contributed by atoms with Gasteiger partial charge in [-0.05, 0) is 22.4 Å². The topological polar surface area (TPSA) is 40.7 Å². The minimum atomic E-state index is 0.929. The number of hydrogen-bond acceptors (Lipinski definition) is 3. The lowest BCUT2D eigenvalue weighted by molar-refractivity contribution is 0.685. The number of fused-ring (bicyclic) bond motifs is 1. The van der Waals surface area contributed by atoms with Gasteiger partial charge in [0.15, 0.2) is 0 Å². The lowest BCUT2D eigenvalue weighted by Crippen LogP contribution is -2.16. The molecule has 18 heavy (non-hydrogen) atoms. The number of nitrogens with zero attached hydrogens (tertiary/aromatic N) is 1. The Morgan fingerprint density at radius 1 is 1.28 bits per heavy atom. The molecule has 0 radical (unpaired) electrons. The Balaban J connectivity index is 1.57. The van der Waals surface area contributed by atoms with Crippen molar-refractivity contribution in [2.24, 2.45) is 0 Å². The number of benzene rings is 1. The van der Waals surface area contributed by atoms with E-state index in [0.717, 1.165) is 19.5 Å². The van der Waals surface area contributed by atoms with Crippen LogP contribution in [0.1, 0.15) is 11.3 Å². The number of nitrogens with one attached hydrogen (secondary N) is 2. The van der Waals surface area contributed by atoms with Crippen molar-refractivity contribution >= 4 is 21.4 Å². The third kappa shape index (κ3) is 2.44. The van der Waals surface area contributed by atoms with E-state index in [9.17, 15) is 0 Å². The van der Waals surface area contributed by atoms with E-state index >= 15 is 0 Å². The first kappa shape index (κ1) is 11.4. The van der Waals surface area contributed by atoms with Crippen LogP contribution in [-0.2, 0) is 13.0 Å². The summed E-state index contributed by atoms with van der Waals surface area (Å²) >= 11 is 1.81. The van der Waals surface area contributed by atoms with Gasteiger partial charge in [0.2, 0.25) is 0 Å². The van der Waals surface area contributed by atoms with Gasteiger partial charge in [-0.1, -0.05) is 18.2 Å². The predicted octanol–water partition coefficient (Wildman–Crippen LogP) is 2.96. The Kier molecular flexibility index (Phi) is 3.39. The fourth-order valence-electron chi connectivity index (χ4n) is 2.04. The second-order valence-corrected chi connectivity index (χ2v) is 5.17. The van der Waals surface area contributed by atoms with E-state index in [4.69, 9.17) is 0 Å². The molecule has 2 heterocycles. The molecule has 0 atom stereocenters. The van der Waals surface area contributed by atoms with E-state index in [1.54, 1.807) is 6.33 Å². The van der Waals surface area contributed by atoms with Crippen molar-refractivity contribution < 1.29 is 0 Å². The molecule has 0 saturated carbocycles. The lowest BCUT2D eigenvalue weighted by atomic mass is 10.2. The maximum absolute atomic E-state index is 4.01.